The minimum absolute atomic E-state index is 0.0199. The van der Waals surface area contributed by atoms with Gasteiger partial charge in [0.15, 0.2) is 11.6 Å². The molecular weight excluding hydrogens is 477 g/mol. The molecule has 2 aromatic rings. The number of ether oxygens (including phenoxy) is 2. The monoisotopic (exact) mass is 505 g/mol. The highest BCUT2D eigenvalue weighted by Gasteiger charge is 2.53. The van der Waals surface area contributed by atoms with Crippen LogP contribution in [0.4, 0.5) is 0 Å². The standard InChI is InChI=1S/C25H29Cl2N3O4/c1-4-12-25(24(32)30-29-16(2)3)22(20-11-8-18(26)15-21(20)27)34-23(28-25)17-6-9-19(10-7-17)33-14-5-13-31/h4,6-11,15-16,22,29,31H,1,5,12-14H2,2-3H3,(H,30,32)/t22-,25-/m0/s1. The van der Waals surface area contributed by atoms with Crippen LogP contribution >= 0.6 is 23.2 Å². The summed E-state index contributed by atoms with van der Waals surface area (Å²) in [5.74, 6) is 0.597. The number of nitrogens with one attached hydrogen (secondary N) is 2. The van der Waals surface area contributed by atoms with Crippen LogP contribution in [-0.2, 0) is 9.53 Å². The van der Waals surface area contributed by atoms with Crippen molar-refractivity contribution >= 4 is 35.0 Å². The summed E-state index contributed by atoms with van der Waals surface area (Å²) in [7, 11) is 0. The Hall–Kier alpha value is -2.58. The van der Waals surface area contributed by atoms with E-state index in [4.69, 9.17) is 42.8 Å². The van der Waals surface area contributed by atoms with Gasteiger partial charge in [0.1, 0.15) is 5.75 Å². The lowest BCUT2D eigenvalue weighted by Gasteiger charge is -2.30. The van der Waals surface area contributed by atoms with Crippen molar-refractivity contribution in [1.82, 2.24) is 10.9 Å². The van der Waals surface area contributed by atoms with E-state index in [1.165, 1.54) is 0 Å². The molecule has 0 radical (unpaired) electrons. The highest BCUT2D eigenvalue weighted by molar-refractivity contribution is 6.35. The summed E-state index contributed by atoms with van der Waals surface area (Å²) in [6.07, 6.45) is 1.60. The summed E-state index contributed by atoms with van der Waals surface area (Å²) in [4.78, 5) is 18.3. The Kier molecular flexibility index (Phi) is 8.97. The van der Waals surface area contributed by atoms with Crippen molar-refractivity contribution < 1.29 is 19.4 Å². The number of hydrogen-bond acceptors (Lipinski definition) is 6. The van der Waals surface area contributed by atoms with E-state index >= 15 is 0 Å². The lowest BCUT2D eigenvalue weighted by atomic mass is 9.84. The molecule has 0 saturated heterocycles. The third kappa shape index (κ3) is 5.91. The predicted octanol–water partition coefficient (Wildman–Crippen LogP) is 4.62. The van der Waals surface area contributed by atoms with Crippen molar-refractivity contribution in [2.45, 2.75) is 44.4 Å². The molecule has 1 amide bonds. The van der Waals surface area contributed by atoms with Crippen molar-refractivity contribution in [3.8, 4) is 5.75 Å². The van der Waals surface area contributed by atoms with Crippen molar-refractivity contribution in [1.29, 1.82) is 0 Å². The Labute approximate surface area is 209 Å². The van der Waals surface area contributed by atoms with Crippen LogP contribution in [0.2, 0.25) is 10.0 Å². The third-order valence-corrected chi connectivity index (χ3v) is 5.77. The fourth-order valence-corrected chi connectivity index (χ4v) is 4.05. The molecule has 3 rings (SSSR count). The van der Waals surface area contributed by atoms with E-state index in [0.29, 0.717) is 45.8 Å². The number of aliphatic imine (C=N–C) groups is 1. The minimum Gasteiger partial charge on any atom is -0.494 e. The van der Waals surface area contributed by atoms with Crippen LogP contribution in [-0.4, -0.2) is 41.7 Å². The quantitative estimate of drug-likeness (QED) is 0.235. The molecule has 0 fully saturated rings. The van der Waals surface area contributed by atoms with Gasteiger partial charge in [-0.2, -0.15) is 0 Å². The molecule has 0 aliphatic carbocycles. The molecule has 9 heteroatoms. The van der Waals surface area contributed by atoms with Crippen LogP contribution in [0.25, 0.3) is 0 Å². The number of amides is 1. The Morgan fingerprint density at radius 2 is 2.03 bits per heavy atom. The molecule has 0 unspecified atom stereocenters. The van der Waals surface area contributed by atoms with E-state index in [0.717, 1.165) is 0 Å². The van der Waals surface area contributed by atoms with Gasteiger partial charge in [-0.05, 0) is 50.2 Å². The Morgan fingerprint density at radius 3 is 2.65 bits per heavy atom. The average Bonchev–Trinajstić information content (AvgIpc) is 3.18. The fraction of sp³-hybridized carbons (Fsp3) is 0.360. The number of rotatable bonds is 11. The maximum atomic E-state index is 13.5. The van der Waals surface area contributed by atoms with Gasteiger partial charge in [0.05, 0.1) is 6.61 Å². The maximum Gasteiger partial charge on any atom is 0.266 e. The van der Waals surface area contributed by atoms with Gasteiger partial charge < -0.3 is 14.6 Å². The number of benzene rings is 2. The third-order valence-electron chi connectivity index (χ3n) is 5.20. The van der Waals surface area contributed by atoms with Crippen molar-refractivity contribution in [3.63, 3.8) is 0 Å². The van der Waals surface area contributed by atoms with Crippen LogP contribution in [0.3, 0.4) is 0 Å². The second-order valence-corrected chi connectivity index (χ2v) is 9.04. The van der Waals surface area contributed by atoms with Gasteiger partial charge in [-0.1, -0.05) is 35.3 Å². The Morgan fingerprint density at radius 1 is 1.29 bits per heavy atom. The van der Waals surface area contributed by atoms with E-state index < -0.39 is 11.6 Å². The maximum absolute atomic E-state index is 13.5. The topological polar surface area (TPSA) is 92.2 Å². The predicted molar refractivity (Wildman–Crippen MR) is 134 cm³/mol. The molecule has 2 atom stereocenters. The Bertz CT molecular complexity index is 1040. The van der Waals surface area contributed by atoms with Crippen LogP contribution in [0.5, 0.6) is 5.75 Å². The minimum atomic E-state index is -1.34. The highest BCUT2D eigenvalue weighted by Crippen LogP contribution is 2.45. The van der Waals surface area contributed by atoms with E-state index in [1.54, 1.807) is 36.4 Å². The molecule has 2 aromatic carbocycles. The Balaban J connectivity index is 2.00. The first-order chi connectivity index (χ1) is 16.3. The summed E-state index contributed by atoms with van der Waals surface area (Å²) in [5.41, 5.74) is 5.63. The fourth-order valence-electron chi connectivity index (χ4n) is 3.54. The van der Waals surface area contributed by atoms with Gasteiger partial charge in [-0.25, -0.2) is 10.4 Å². The molecule has 1 aliphatic rings. The second-order valence-electron chi connectivity index (χ2n) is 8.20. The molecule has 3 N–H and O–H groups in total. The molecule has 34 heavy (non-hydrogen) atoms. The summed E-state index contributed by atoms with van der Waals surface area (Å²) in [6.45, 7) is 8.15. The molecule has 1 aliphatic heterocycles. The van der Waals surface area contributed by atoms with Gasteiger partial charge in [0, 0.05) is 46.7 Å². The number of aliphatic hydroxyl groups is 1. The number of halogens is 2. The SMILES string of the molecule is C=CC[C@]1(C(=O)NNC(C)C)N=C(c2ccc(OCCCO)cc2)O[C@H]1c1ccc(Cl)cc1Cl. The lowest BCUT2D eigenvalue weighted by molar-refractivity contribution is -0.130. The number of nitrogens with zero attached hydrogens (tertiary/aromatic N) is 1. The van der Waals surface area contributed by atoms with E-state index in [9.17, 15) is 4.79 Å². The van der Waals surface area contributed by atoms with Crippen molar-refractivity contribution in [2.24, 2.45) is 4.99 Å². The smallest absolute Gasteiger partial charge is 0.266 e. The molecule has 0 spiro atoms. The second kappa shape index (κ2) is 11.7. The van der Waals surface area contributed by atoms with Gasteiger partial charge >= 0.3 is 0 Å². The van der Waals surface area contributed by atoms with E-state index in [1.807, 2.05) is 26.0 Å². The molecule has 7 nitrogen and oxygen atoms in total. The van der Waals surface area contributed by atoms with Crippen LogP contribution in [0.15, 0.2) is 60.1 Å². The molecular formula is C25H29Cl2N3O4. The highest BCUT2D eigenvalue weighted by atomic mass is 35.5. The average molecular weight is 506 g/mol. The zero-order valence-electron chi connectivity index (χ0n) is 19.2. The summed E-state index contributed by atoms with van der Waals surface area (Å²) in [5, 5.41) is 9.77. The van der Waals surface area contributed by atoms with E-state index in [2.05, 4.69) is 17.4 Å². The molecule has 1 heterocycles. The number of aliphatic hydroxyl groups excluding tert-OH is 1. The molecule has 0 aromatic heterocycles. The first-order valence-corrected chi connectivity index (χ1v) is 11.8. The zero-order valence-corrected chi connectivity index (χ0v) is 20.7. The first kappa shape index (κ1) is 26.0. The molecule has 182 valence electrons. The largest absolute Gasteiger partial charge is 0.494 e. The van der Waals surface area contributed by atoms with Gasteiger partial charge in [-0.15, -0.1) is 6.58 Å². The van der Waals surface area contributed by atoms with Gasteiger partial charge in [0.2, 0.25) is 5.90 Å². The molecule has 0 saturated carbocycles. The summed E-state index contributed by atoms with van der Waals surface area (Å²) in [6, 6.07) is 12.3. The van der Waals surface area contributed by atoms with Gasteiger partial charge in [-0.3, -0.25) is 10.2 Å². The number of carbonyl (C=O) groups is 1. The van der Waals surface area contributed by atoms with Crippen molar-refractivity contribution in [3.05, 3.63) is 76.3 Å². The first-order valence-electron chi connectivity index (χ1n) is 11.0. The normalized spacial score (nSPS) is 19.5. The summed E-state index contributed by atoms with van der Waals surface area (Å²) < 4.78 is 11.9. The number of hydrazine groups is 1. The number of carbonyl (C=O) groups excluding carboxylic acids is 1. The van der Waals surface area contributed by atoms with E-state index in [-0.39, 0.29) is 25.0 Å². The van der Waals surface area contributed by atoms with Crippen LogP contribution < -0.4 is 15.6 Å². The summed E-state index contributed by atoms with van der Waals surface area (Å²) >= 11 is 12.6. The van der Waals surface area contributed by atoms with Crippen molar-refractivity contribution in [2.75, 3.05) is 13.2 Å². The van der Waals surface area contributed by atoms with Gasteiger partial charge in [0.25, 0.3) is 5.91 Å². The number of hydrogen-bond donors (Lipinski definition) is 3. The lowest BCUT2D eigenvalue weighted by Crippen LogP contribution is -2.54. The molecule has 0 bridgehead atoms. The zero-order chi connectivity index (χ0) is 24.7. The van der Waals surface area contributed by atoms with Crippen LogP contribution in [0, 0.1) is 0 Å². The van der Waals surface area contributed by atoms with Crippen LogP contribution in [0.1, 0.15) is 43.9 Å².